The second kappa shape index (κ2) is 9.35. The van der Waals surface area contributed by atoms with E-state index in [0.717, 1.165) is 75.8 Å². The molecule has 2 aliphatic rings. The Morgan fingerprint density at radius 1 is 1.00 bits per heavy atom. The number of hydrogen-bond donors (Lipinski definition) is 1. The third kappa shape index (κ3) is 4.58. The molecule has 1 atom stereocenters. The number of urea groups is 1. The van der Waals surface area contributed by atoms with Crippen molar-refractivity contribution in [2.45, 2.75) is 57.5 Å². The lowest BCUT2D eigenvalue weighted by molar-refractivity contribution is -0.128. The molecule has 0 spiro atoms. The summed E-state index contributed by atoms with van der Waals surface area (Å²) in [7, 11) is 0. The molecule has 3 amide bonds. The maximum atomic E-state index is 12.4. The Hall–Kier alpha value is -2.47. The molecule has 0 radical (unpaired) electrons. The summed E-state index contributed by atoms with van der Waals surface area (Å²) in [4.78, 5) is 32.7. The fourth-order valence-corrected chi connectivity index (χ4v) is 4.35. The highest BCUT2D eigenvalue weighted by Gasteiger charge is 2.45. The fourth-order valence-electron chi connectivity index (χ4n) is 4.35. The van der Waals surface area contributed by atoms with Gasteiger partial charge >= 0.3 is 6.03 Å². The van der Waals surface area contributed by atoms with Crippen LogP contribution in [0.2, 0.25) is 0 Å². The SMILES string of the molecule is O=C1C2CCCCN2C(=O)N1CCCCCCNCc1ccc2ccccc2n1. The molecule has 2 aromatic rings. The molecular weight excluding hydrogens is 364 g/mol. The smallest absolute Gasteiger partial charge is 0.312 e. The topological polar surface area (TPSA) is 65.5 Å². The summed E-state index contributed by atoms with van der Waals surface area (Å²) >= 11 is 0. The molecule has 1 N–H and O–H groups in total. The largest absolute Gasteiger partial charge is 0.327 e. The molecule has 2 fully saturated rings. The van der Waals surface area contributed by atoms with Crippen molar-refractivity contribution in [1.82, 2.24) is 20.1 Å². The predicted molar refractivity (Wildman–Crippen MR) is 113 cm³/mol. The number of carbonyl (C=O) groups is 2. The molecule has 1 unspecified atom stereocenters. The van der Waals surface area contributed by atoms with E-state index in [1.165, 1.54) is 10.3 Å². The van der Waals surface area contributed by atoms with Gasteiger partial charge in [0.15, 0.2) is 0 Å². The summed E-state index contributed by atoms with van der Waals surface area (Å²) in [5, 5.41) is 4.63. The number of fused-ring (bicyclic) bond motifs is 2. The minimum atomic E-state index is -0.177. The Morgan fingerprint density at radius 3 is 2.76 bits per heavy atom. The highest BCUT2D eigenvalue weighted by atomic mass is 16.2. The Kier molecular flexibility index (Phi) is 6.39. The van der Waals surface area contributed by atoms with Crippen molar-refractivity contribution in [2.75, 3.05) is 19.6 Å². The molecule has 6 nitrogen and oxygen atoms in total. The van der Waals surface area contributed by atoms with Crippen LogP contribution >= 0.6 is 0 Å². The number of benzene rings is 1. The Morgan fingerprint density at radius 2 is 1.86 bits per heavy atom. The summed E-state index contributed by atoms with van der Waals surface area (Å²) in [5.41, 5.74) is 2.10. The summed E-state index contributed by atoms with van der Waals surface area (Å²) in [6.45, 7) is 3.04. The van der Waals surface area contributed by atoms with Gasteiger partial charge in [-0.2, -0.15) is 0 Å². The first-order valence-corrected chi connectivity index (χ1v) is 10.9. The van der Waals surface area contributed by atoms with E-state index in [1.807, 2.05) is 18.2 Å². The van der Waals surface area contributed by atoms with Gasteiger partial charge in [0.25, 0.3) is 5.91 Å². The number of pyridine rings is 1. The quantitative estimate of drug-likeness (QED) is 0.520. The maximum absolute atomic E-state index is 12.4. The lowest BCUT2D eigenvalue weighted by Crippen LogP contribution is -2.39. The van der Waals surface area contributed by atoms with Crippen LogP contribution in [0.15, 0.2) is 36.4 Å². The van der Waals surface area contributed by atoms with Crippen molar-refractivity contribution < 1.29 is 9.59 Å². The third-order valence-electron chi connectivity index (χ3n) is 5.98. The van der Waals surface area contributed by atoms with Crippen molar-refractivity contribution in [3.8, 4) is 0 Å². The minimum absolute atomic E-state index is 0.0271. The van der Waals surface area contributed by atoms with Gasteiger partial charge < -0.3 is 10.2 Å². The van der Waals surface area contributed by atoms with E-state index in [4.69, 9.17) is 0 Å². The van der Waals surface area contributed by atoms with Crippen LogP contribution in [0.5, 0.6) is 0 Å². The second-order valence-corrected chi connectivity index (χ2v) is 8.06. The second-order valence-electron chi connectivity index (χ2n) is 8.06. The molecule has 6 heteroatoms. The van der Waals surface area contributed by atoms with Gasteiger partial charge in [-0.3, -0.25) is 14.7 Å². The third-order valence-corrected chi connectivity index (χ3v) is 5.98. The first-order chi connectivity index (χ1) is 14.2. The van der Waals surface area contributed by atoms with E-state index in [2.05, 4.69) is 28.5 Å². The van der Waals surface area contributed by atoms with Gasteiger partial charge in [-0.05, 0) is 50.8 Å². The molecule has 0 aliphatic carbocycles. The van der Waals surface area contributed by atoms with Crippen molar-refractivity contribution in [3.63, 3.8) is 0 Å². The number of hydrogen-bond acceptors (Lipinski definition) is 4. The molecule has 1 aromatic carbocycles. The number of para-hydroxylation sites is 1. The minimum Gasteiger partial charge on any atom is -0.312 e. The monoisotopic (exact) mass is 394 g/mol. The lowest BCUT2D eigenvalue weighted by Gasteiger charge is -2.26. The number of rotatable bonds is 9. The van der Waals surface area contributed by atoms with Crippen LogP contribution < -0.4 is 5.32 Å². The van der Waals surface area contributed by atoms with E-state index < -0.39 is 0 Å². The van der Waals surface area contributed by atoms with Crippen LogP contribution in [0.1, 0.15) is 50.6 Å². The molecule has 0 saturated carbocycles. The standard InChI is InChI=1S/C23H30N4O2/c28-22-21-11-5-8-15-26(21)23(29)27(22)16-7-2-1-6-14-24-17-19-13-12-18-9-3-4-10-20(18)25-19/h3-4,9-10,12-13,21,24H,1-2,5-8,11,14-17H2. The molecule has 2 saturated heterocycles. The Bertz CT molecular complexity index is 845. The molecule has 3 heterocycles. The number of piperidine rings is 1. The van der Waals surface area contributed by atoms with E-state index in [1.54, 1.807) is 4.90 Å². The van der Waals surface area contributed by atoms with Crippen molar-refractivity contribution in [2.24, 2.45) is 0 Å². The van der Waals surface area contributed by atoms with Gasteiger partial charge in [-0.25, -0.2) is 4.79 Å². The summed E-state index contributed by atoms with van der Waals surface area (Å²) < 4.78 is 0. The number of aromatic nitrogens is 1. The number of nitrogens with one attached hydrogen (secondary N) is 1. The normalized spacial score (nSPS) is 19.2. The van der Waals surface area contributed by atoms with Crippen LogP contribution in [0, 0.1) is 0 Å². The molecule has 29 heavy (non-hydrogen) atoms. The van der Waals surface area contributed by atoms with Crippen molar-refractivity contribution >= 4 is 22.8 Å². The molecule has 1 aromatic heterocycles. The Balaban J connectivity index is 1.10. The number of amides is 3. The number of carbonyl (C=O) groups excluding carboxylic acids is 2. The molecule has 0 bridgehead atoms. The first kappa shape index (κ1) is 19.8. The summed E-state index contributed by atoms with van der Waals surface area (Å²) in [6.07, 6.45) is 7.02. The zero-order valence-electron chi connectivity index (χ0n) is 17.0. The fraction of sp³-hybridized carbons (Fsp3) is 0.522. The highest BCUT2D eigenvalue weighted by molar-refractivity contribution is 6.04. The van der Waals surface area contributed by atoms with Gasteiger partial charge in [0.05, 0.1) is 11.2 Å². The van der Waals surface area contributed by atoms with Crippen LogP contribution in [0.4, 0.5) is 4.79 Å². The molecule has 154 valence electrons. The van der Waals surface area contributed by atoms with E-state index in [0.29, 0.717) is 6.54 Å². The van der Waals surface area contributed by atoms with Gasteiger partial charge in [0.1, 0.15) is 6.04 Å². The van der Waals surface area contributed by atoms with Gasteiger partial charge in [-0.15, -0.1) is 0 Å². The van der Waals surface area contributed by atoms with Crippen LogP contribution in [-0.4, -0.2) is 52.4 Å². The van der Waals surface area contributed by atoms with Crippen LogP contribution in [-0.2, 0) is 11.3 Å². The Labute approximate surface area is 172 Å². The van der Waals surface area contributed by atoms with E-state index in [-0.39, 0.29) is 18.0 Å². The number of imide groups is 1. The van der Waals surface area contributed by atoms with E-state index >= 15 is 0 Å². The van der Waals surface area contributed by atoms with Crippen molar-refractivity contribution in [3.05, 3.63) is 42.1 Å². The predicted octanol–water partition coefficient (Wildman–Crippen LogP) is 3.70. The number of nitrogens with zero attached hydrogens (tertiary/aromatic N) is 3. The zero-order chi connectivity index (χ0) is 20.1. The van der Waals surface area contributed by atoms with E-state index in [9.17, 15) is 9.59 Å². The average molecular weight is 395 g/mol. The van der Waals surface area contributed by atoms with Gasteiger partial charge in [-0.1, -0.05) is 37.1 Å². The summed E-state index contributed by atoms with van der Waals surface area (Å²) in [5.74, 6) is 0.0271. The maximum Gasteiger partial charge on any atom is 0.327 e. The zero-order valence-corrected chi connectivity index (χ0v) is 17.0. The summed E-state index contributed by atoms with van der Waals surface area (Å²) in [6, 6.07) is 12.1. The van der Waals surface area contributed by atoms with Crippen LogP contribution in [0.25, 0.3) is 10.9 Å². The molecule has 4 rings (SSSR count). The van der Waals surface area contributed by atoms with Gasteiger partial charge in [0, 0.05) is 25.0 Å². The van der Waals surface area contributed by atoms with Gasteiger partial charge in [0.2, 0.25) is 0 Å². The molecule has 2 aliphatic heterocycles. The molecular formula is C23H30N4O2. The van der Waals surface area contributed by atoms with Crippen LogP contribution in [0.3, 0.4) is 0 Å². The highest BCUT2D eigenvalue weighted by Crippen LogP contribution is 2.26. The first-order valence-electron chi connectivity index (χ1n) is 10.9. The number of unbranched alkanes of at least 4 members (excludes halogenated alkanes) is 3. The van der Waals surface area contributed by atoms with Crippen molar-refractivity contribution in [1.29, 1.82) is 0 Å². The average Bonchev–Trinajstić information content (AvgIpc) is 3.00. The lowest BCUT2D eigenvalue weighted by atomic mass is 10.0.